The first-order valence-corrected chi connectivity index (χ1v) is 34.8. The summed E-state index contributed by atoms with van der Waals surface area (Å²) < 4.78 is 23.2. The number of pyridine rings is 2. The number of aromatic nitrogens is 2. The molecule has 2 aliphatic rings. The van der Waals surface area contributed by atoms with Crippen LogP contribution >= 0.6 is 69.6 Å². The number of piperazine rings is 1. The number of nitrogens with one attached hydrogen (secondary N) is 4. The monoisotopic (exact) mass is 1440 g/mol. The van der Waals surface area contributed by atoms with Gasteiger partial charge < -0.3 is 36.2 Å². The molecular weight excluding hydrogens is 1380 g/mol. The van der Waals surface area contributed by atoms with Crippen molar-refractivity contribution < 1.29 is 42.3 Å². The lowest BCUT2D eigenvalue weighted by molar-refractivity contribution is 0.0984. The molecule has 0 saturated carbocycles. The highest BCUT2D eigenvalue weighted by atomic mass is 35.5. The van der Waals surface area contributed by atoms with Crippen LogP contribution in [-0.2, 0) is 29.1 Å². The van der Waals surface area contributed by atoms with E-state index >= 15 is 0 Å². The van der Waals surface area contributed by atoms with Gasteiger partial charge in [0.15, 0.2) is 27.2 Å². The highest BCUT2D eigenvalue weighted by Crippen LogP contribution is 2.29. The summed E-state index contributed by atoms with van der Waals surface area (Å²) >= 11 is 36.9. The number of hydrogen-bond acceptors (Lipinski definition) is 14. The van der Waals surface area contributed by atoms with E-state index < -0.39 is 15.7 Å². The van der Waals surface area contributed by atoms with Crippen LogP contribution in [0.5, 0.6) is 0 Å². The summed E-state index contributed by atoms with van der Waals surface area (Å²) in [4.78, 5) is 89.1. The average Bonchev–Trinajstić information content (AvgIpc) is 1.04. The molecule has 2 aromatic heterocycles. The number of nitrogens with zero attached hydrogens (tertiary/aromatic N) is 4. The maximum absolute atomic E-state index is 12.8. The first kappa shape index (κ1) is 72.7. The first-order valence-electron chi connectivity index (χ1n) is 30.6. The van der Waals surface area contributed by atoms with E-state index in [0.717, 1.165) is 44.1 Å². The van der Waals surface area contributed by atoms with E-state index in [1.54, 1.807) is 146 Å². The number of aliphatic hydroxyl groups is 1. The lowest BCUT2D eigenvalue weighted by atomic mass is 10.0. The standard InChI is InChI=1S/C26H26Cl2N4O2.C25H23Cl2N3O3.C22H17Cl2NO4S/c1-16-14-32(15-17(2)30-16)25-9-6-19(13-29-25)26(34)31-22-7-8-23(28)20(11-22)12-24(33)18-4-3-5-21(27)10-18;26-19-3-1-2-16(12-19)23(32)14-18-13-20(5-6-22(18)27)29-25(33)17-4-7-24(28-15-17)30-10-8-21(31)9-11-30;1-30(28,29)17-8-9-18(20(24)13-17)22(27)25-16-7-10-19(23)15(11-16)12-21(26)14-5-3-2-4-6-14/h3-11,13,16-17,30H,12,14-15H2,1-2H3,(H,31,34);1-7,12-13,15,21,31H,8-11,14H2,(H,29,33);2-11,13H,12H2,1H3,(H,25,27)/t16-,17+;;. The van der Waals surface area contributed by atoms with Gasteiger partial charge in [0.05, 0.1) is 32.7 Å². The van der Waals surface area contributed by atoms with Crippen molar-refractivity contribution in [3.63, 3.8) is 0 Å². The Morgan fingerprint density at radius 3 is 1.31 bits per heavy atom. The number of benzene rings is 7. The van der Waals surface area contributed by atoms with Gasteiger partial charge in [-0.2, -0.15) is 0 Å². The van der Waals surface area contributed by atoms with Crippen LogP contribution in [0, 0.1) is 0 Å². The summed E-state index contributed by atoms with van der Waals surface area (Å²) in [5.74, 6) is 0.213. The molecule has 5 N–H and O–H groups in total. The Bertz CT molecular complexity index is 4480. The van der Waals surface area contributed by atoms with E-state index in [1.165, 1.54) is 24.4 Å². The smallest absolute Gasteiger partial charge is 0.257 e. The topological polar surface area (TPSA) is 237 Å². The summed E-state index contributed by atoms with van der Waals surface area (Å²) in [6.07, 6.45) is 5.61. The molecule has 11 rings (SSSR count). The molecule has 4 heterocycles. The van der Waals surface area contributed by atoms with Crippen molar-refractivity contribution in [1.29, 1.82) is 0 Å². The maximum atomic E-state index is 12.8. The number of Topliss-reactive ketones (excluding diaryl/α,β-unsaturated/α-hetero) is 3. The predicted molar refractivity (Wildman–Crippen MR) is 386 cm³/mol. The minimum Gasteiger partial charge on any atom is -0.393 e. The van der Waals surface area contributed by atoms with Gasteiger partial charge in [0.2, 0.25) is 0 Å². The zero-order valence-corrected chi connectivity index (χ0v) is 58.0. The van der Waals surface area contributed by atoms with E-state index in [0.29, 0.717) is 112 Å². The van der Waals surface area contributed by atoms with E-state index in [-0.39, 0.29) is 70.0 Å². The molecule has 3 amide bonds. The number of halogens is 6. The molecule has 7 aromatic carbocycles. The summed E-state index contributed by atoms with van der Waals surface area (Å²) in [5, 5.41) is 23.9. The molecule has 97 heavy (non-hydrogen) atoms. The van der Waals surface area contributed by atoms with Crippen molar-refractivity contribution in [2.45, 2.75) is 69.0 Å². The molecule has 0 spiro atoms. The van der Waals surface area contributed by atoms with Gasteiger partial charge in [-0.05, 0) is 165 Å². The quantitative estimate of drug-likeness (QED) is 0.0503. The number of carbonyl (C=O) groups excluding carboxylic acids is 6. The van der Waals surface area contributed by atoms with Crippen LogP contribution < -0.4 is 31.1 Å². The van der Waals surface area contributed by atoms with Gasteiger partial charge in [0.1, 0.15) is 11.6 Å². The van der Waals surface area contributed by atoms with Crippen molar-refractivity contribution in [3.8, 4) is 0 Å². The Hall–Kier alpha value is -8.53. The fourth-order valence-corrected chi connectivity index (χ4v) is 12.6. The van der Waals surface area contributed by atoms with Crippen LogP contribution in [0.3, 0.4) is 0 Å². The molecule has 0 bridgehead atoms. The van der Waals surface area contributed by atoms with Crippen molar-refractivity contribution in [1.82, 2.24) is 15.3 Å². The molecule has 500 valence electrons. The predicted octanol–water partition coefficient (Wildman–Crippen LogP) is 15.4. The second kappa shape index (κ2) is 33.6. The van der Waals surface area contributed by atoms with Crippen molar-refractivity contribution in [3.05, 3.63) is 269 Å². The number of piperidine rings is 1. The molecule has 9 aromatic rings. The number of rotatable bonds is 18. The van der Waals surface area contributed by atoms with Gasteiger partial charge >= 0.3 is 0 Å². The van der Waals surface area contributed by atoms with Gasteiger partial charge in [-0.3, -0.25) is 28.8 Å². The van der Waals surface area contributed by atoms with Crippen LogP contribution in [0.2, 0.25) is 30.1 Å². The largest absolute Gasteiger partial charge is 0.393 e. The van der Waals surface area contributed by atoms with Crippen LogP contribution in [0.4, 0.5) is 28.7 Å². The lowest BCUT2D eigenvalue weighted by Crippen LogP contribution is -2.54. The molecule has 24 heteroatoms. The van der Waals surface area contributed by atoms with Gasteiger partial charge in [-0.15, -0.1) is 0 Å². The molecular formula is C73H66Cl6N8O9S. The van der Waals surface area contributed by atoms with E-state index in [2.05, 4.69) is 54.9 Å². The molecule has 17 nitrogen and oxygen atoms in total. The number of aliphatic hydroxyl groups excluding tert-OH is 1. The van der Waals surface area contributed by atoms with E-state index in [9.17, 15) is 42.3 Å². The molecule has 2 fully saturated rings. The summed E-state index contributed by atoms with van der Waals surface area (Å²) in [6, 6.07) is 49.2. The Labute approximate surface area is 592 Å². The van der Waals surface area contributed by atoms with Crippen LogP contribution in [0.15, 0.2) is 193 Å². The number of ketones is 3. The highest BCUT2D eigenvalue weighted by Gasteiger charge is 2.24. The number of hydrogen-bond donors (Lipinski definition) is 5. The SMILES string of the molecule is CS(=O)(=O)c1ccc(C(=O)Nc2ccc(Cl)c(CC(=O)c3ccccc3)c2)c(Cl)c1.C[C@@H]1CN(c2ccc(C(=O)Nc3ccc(Cl)c(CC(=O)c4cccc(Cl)c4)c3)cn2)C[C@H](C)N1.O=C(Cc1cc(NC(=O)c2ccc(N3CCC(O)CC3)nc2)ccc1Cl)c1cccc(Cl)c1. The Balaban J connectivity index is 0.000000171. The number of sulfone groups is 1. The number of amides is 3. The van der Waals surface area contributed by atoms with Gasteiger partial charge in [-0.25, -0.2) is 18.4 Å². The van der Waals surface area contributed by atoms with Crippen molar-refractivity contribution in [2.75, 3.05) is 58.2 Å². The summed E-state index contributed by atoms with van der Waals surface area (Å²) in [7, 11) is -3.43. The third-order valence-corrected chi connectivity index (χ3v) is 18.7. The lowest BCUT2D eigenvalue weighted by Gasteiger charge is -2.36. The normalized spacial score (nSPS) is 14.6. The van der Waals surface area contributed by atoms with Gasteiger partial charge in [0.25, 0.3) is 17.7 Å². The highest BCUT2D eigenvalue weighted by molar-refractivity contribution is 7.90. The summed E-state index contributed by atoms with van der Waals surface area (Å²) in [6.45, 7) is 7.50. The molecule has 0 unspecified atom stereocenters. The molecule has 0 radical (unpaired) electrons. The summed E-state index contributed by atoms with van der Waals surface area (Å²) in [5.41, 5.74) is 5.91. The molecule has 0 aliphatic carbocycles. The molecule has 2 aliphatic heterocycles. The van der Waals surface area contributed by atoms with E-state index in [4.69, 9.17) is 69.6 Å². The zero-order valence-electron chi connectivity index (χ0n) is 52.7. The Kier molecular flexibility index (Phi) is 25.2. The molecule has 2 atom stereocenters. The molecule has 2 saturated heterocycles. The average molecular weight is 1440 g/mol. The number of anilines is 5. The number of carbonyl (C=O) groups is 6. The third kappa shape index (κ3) is 20.8. The Morgan fingerprint density at radius 2 is 0.897 bits per heavy atom. The minimum atomic E-state index is -3.43. The second-order valence-corrected chi connectivity index (χ2v) is 27.8. The fourth-order valence-electron chi connectivity index (χ4n) is 10.7. The van der Waals surface area contributed by atoms with Gasteiger partial charge in [-0.1, -0.05) is 124 Å². The minimum absolute atomic E-state index is 0.0175. The maximum Gasteiger partial charge on any atom is 0.257 e. The van der Waals surface area contributed by atoms with Crippen LogP contribution in [0.1, 0.15) is 106 Å². The van der Waals surface area contributed by atoms with Crippen molar-refractivity contribution in [2.24, 2.45) is 0 Å². The second-order valence-electron chi connectivity index (χ2n) is 23.3. The van der Waals surface area contributed by atoms with Crippen LogP contribution in [-0.4, -0.2) is 109 Å². The third-order valence-electron chi connectivity index (χ3n) is 15.7. The van der Waals surface area contributed by atoms with Crippen molar-refractivity contribution >= 4 is 143 Å². The van der Waals surface area contributed by atoms with Crippen LogP contribution in [0.25, 0.3) is 0 Å². The first-order chi connectivity index (χ1) is 46.3. The van der Waals surface area contributed by atoms with E-state index in [1.807, 2.05) is 18.2 Å². The fraction of sp³-hybridized carbons (Fsp3) is 0.205. The zero-order chi connectivity index (χ0) is 69.5. The Morgan fingerprint density at radius 1 is 0.474 bits per heavy atom. The van der Waals surface area contributed by atoms with Gasteiger partial charge in [0, 0.05) is 135 Å².